The number of nitrogens with zero attached hydrogens (tertiary/aromatic N) is 1. The second kappa shape index (κ2) is 9.58. The van der Waals surface area contributed by atoms with E-state index in [9.17, 15) is 14.0 Å². The molecule has 25 heavy (non-hydrogen) atoms. The van der Waals surface area contributed by atoms with Gasteiger partial charge < -0.3 is 10.2 Å². The fourth-order valence-electron chi connectivity index (χ4n) is 2.07. The molecule has 2 amide bonds. The van der Waals surface area contributed by atoms with Crippen molar-refractivity contribution >= 4 is 45.2 Å². The largest absolute Gasteiger partial charge is 0.341 e. The number of hydrogen-bond acceptors (Lipinski definition) is 3. The summed E-state index contributed by atoms with van der Waals surface area (Å²) in [5.74, 6) is -0.317. The van der Waals surface area contributed by atoms with Gasteiger partial charge in [0.25, 0.3) is 0 Å². The van der Waals surface area contributed by atoms with Crippen LogP contribution in [0.5, 0.6) is 0 Å². The van der Waals surface area contributed by atoms with Crippen molar-refractivity contribution in [2.45, 2.75) is 6.54 Å². The van der Waals surface area contributed by atoms with Crippen LogP contribution in [0.1, 0.15) is 5.56 Å². The zero-order chi connectivity index (χ0) is 18.2. The lowest BCUT2D eigenvalue weighted by Gasteiger charge is -2.17. The van der Waals surface area contributed by atoms with Crippen LogP contribution in [0, 0.1) is 5.82 Å². The average molecular weight is 425 g/mol. The first-order valence-corrected chi connectivity index (χ1v) is 9.51. The molecule has 0 aromatic heterocycles. The summed E-state index contributed by atoms with van der Waals surface area (Å²) in [6.07, 6.45) is 0. The second-order valence-corrected chi connectivity index (χ2v) is 7.29. The van der Waals surface area contributed by atoms with E-state index in [-0.39, 0.29) is 35.7 Å². The molecule has 2 aromatic rings. The third kappa shape index (κ3) is 6.51. The molecule has 0 saturated carbocycles. The van der Waals surface area contributed by atoms with E-state index in [1.54, 1.807) is 37.4 Å². The van der Waals surface area contributed by atoms with Crippen molar-refractivity contribution in [2.24, 2.45) is 0 Å². The normalized spacial score (nSPS) is 10.4. The average Bonchev–Trinajstić information content (AvgIpc) is 2.56. The monoisotopic (exact) mass is 424 g/mol. The molecule has 0 spiro atoms. The predicted molar refractivity (Wildman–Crippen MR) is 103 cm³/mol. The molecule has 4 nitrogen and oxygen atoms in total. The van der Waals surface area contributed by atoms with Crippen LogP contribution in [-0.4, -0.2) is 35.3 Å². The van der Waals surface area contributed by atoms with Crippen molar-refractivity contribution < 1.29 is 14.0 Å². The summed E-state index contributed by atoms with van der Waals surface area (Å²) in [6.45, 7) is 0.205. The lowest BCUT2D eigenvalue weighted by atomic mass is 10.2. The molecule has 0 unspecified atom stereocenters. The van der Waals surface area contributed by atoms with Gasteiger partial charge >= 0.3 is 0 Å². The molecule has 0 atom stereocenters. The molecule has 0 aliphatic rings. The van der Waals surface area contributed by atoms with Crippen LogP contribution in [0.2, 0.25) is 0 Å². The first-order valence-electron chi connectivity index (χ1n) is 7.56. The summed E-state index contributed by atoms with van der Waals surface area (Å²) in [4.78, 5) is 25.4. The maximum absolute atomic E-state index is 13.6. The fraction of sp³-hybridized carbons (Fsp3) is 0.222. The number of amides is 2. The van der Waals surface area contributed by atoms with Gasteiger partial charge in [-0.25, -0.2) is 4.39 Å². The Bertz CT molecular complexity index is 757. The van der Waals surface area contributed by atoms with E-state index in [4.69, 9.17) is 0 Å². The molecule has 132 valence electrons. The smallest absolute Gasteiger partial charge is 0.234 e. The quantitative estimate of drug-likeness (QED) is 0.732. The van der Waals surface area contributed by atoms with E-state index in [0.717, 1.165) is 4.47 Å². The number of hydrogen-bond donors (Lipinski definition) is 1. The molecule has 0 radical (unpaired) electrons. The van der Waals surface area contributed by atoms with E-state index < -0.39 is 0 Å². The Kier molecular flexibility index (Phi) is 7.46. The first kappa shape index (κ1) is 19.5. The molecule has 7 heteroatoms. The maximum Gasteiger partial charge on any atom is 0.234 e. The van der Waals surface area contributed by atoms with Crippen LogP contribution in [0.15, 0.2) is 53.0 Å². The Balaban J connectivity index is 1.74. The zero-order valence-corrected chi connectivity index (χ0v) is 16.1. The van der Waals surface area contributed by atoms with Crippen LogP contribution >= 0.6 is 27.7 Å². The lowest BCUT2D eigenvalue weighted by molar-refractivity contribution is -0.127. The van der Waals surface area contributed by atoms with Crippen molar-refractivity contribution in [3.63, 3.8) is 0 Å². The highest BCUT2D eigenvalue weighted by molar-refractivity contribution is 9.10. The fourth-order valence-corrected chi connectivity index (χ4v) is 3.23. The van der Waals surface area contributed by atoms with Gasteiger partial charge in [-0.3, -0.25) is 9.59 Å². The molecule has 0 aliphatic carbocycles. The minimum atomic E-state index is -0.330. The molecular formula is C18H18BrFN2O2S. The predicted octanol–water partition coefficient (Wildman–Crippen LogP) is 3.92. The Morgan fingerprint density at radius 3 is 2.64 bits per heavy atom. The van der Waals surface area contributed by atoms with Crippen molar-refractivity contribution in [1.82, 2.24) is 4.90 Å². The highest BCUT2D eigenvalue weighted by Gasteiger charge is 2.12. The van der Waals surface area contributed by atoms with Crippen LogP contribution in [-0.2, 0) is 16.1 Å². The summed E-state index contributed by atoms with van der Waals surface area (Å²) >= 11 is 4.57. The highest BCUT2D eigenvalue weighted by Crippen LogP contribution is 2.16. The molecule has 2 rings (SSSR count). The van der Waals surface area contributed by atoms with Crippen molar-refractivity contribution in [3.8, 4) is 0 Å². The second-order valence-electron chi connectivity index (χ2n) is 5.39. The third-order valence-electron chi connectivity index (χ3n) is 3.36. The van der Waals surface area contributed by atoms with E-state index in [1.165, 1.54) is 22.7 Å². The van der Waals surface area contributed by atoms with Crippen molar-refractivity contribution in [3.05, 3.63) is 64.4 Å². The van der Waals surface area contributed by atoms with Gasteiger partial charge in [-0.15, -0.1) is 11.8 Å². The van der Waals surface area contributed by atoms with Gasteiger partial charge in [0.1, 0.15) is 5.82 Å². The van der Waals surface area contributed by atoms with Crippen molar-refractivity contribution in [2.75, 3.05) is 23.9 Å². The van der Waals surface area contributed by atoms with Crippen LogP contribution in [0.25, 0.3) is 0 Å². The van der Waals surface area contributed by atoms with Gasteiger partial charge in [0.2, 0.25) is 11.8 Å². The van der Waals surface area contributed by atoms with E-state index in [0.29, 0.717) is 11.3 Å². The van der Waals surface area contributed by atoms with Gasteiger partial charge in [0, 0.05) is 29.3 Å². The summed E-state index contributed by atoms with van der Waals surface area (Å²) in [5, 5.41) is 2.77. The molecular weight excluding hydrogens is 407 g/mol. The number of rotatable bonds is 7. The highest BCUT2D eigenvalue weighted by atomic mass is 79.9. The third-order valence-corrected chi connectivity index (χ3v) is 4.77. The number of anilines is 1. The SMILES string of the molecule is CN(Cc1ccccc1F)C(=O)CSCC(=O)Nc1cccc(Br)c1. The minimum Gasteiger partial charge on any atom is -0.341 e. The summed E-state index contributed by atoms with van der Waals surface area (Å²) < 4.78 is 14.5. The number of carbonyl (C=O) groups is 2. The molecule has 0 aliphatic heterocycles. The number of carbonyl (C=O) groups excluding carboxylic acids is 2. The summed E-state index contributed by atoms with van der Waals surface area (Å²) in [7, 11) is 1.62. The van der Waals surface area contributed by atoms with E-state index in [2.05, 4.69) is 21.2 Å². The van der Waals surface area contributed by atoms with E-state index in [1.807, 2.05) is 12.1 Å². The lowest BCUT2D eigenvalue weighted by Crippen LogP contribution is -2.28. The zero-order valence-electron chi connectivity index (χ0n) is 13.7. The molecule has 0 bridgehead atoms. The van der Waals surface area contributed by atoms with Gasteiger partial charge in [0.05, 0.1) is 11.5 Å². The summed E-state index contributed by atoms with van der Waals surface area (Å²) in [5.41, 5.74) is 1.17. The Hall–Kier alpha value is -1.86. The molecule has 0 saturated heterocycles. The Morgan fingerprint density at radius 1 is 1.16 bits per heavy atom. The van der Waals surface area contributed by atoms with Gasteiger partial charge in [-0.1, -0.05) is 40.2 Å². The van der Waals surface area contributed by atoms with Crippen LogP contribution in [0.4, 0.5) is 10.1 Å². The van der Waals surface area contributed by atoms with Crippen LogP contribution < -0.4 is 5.32 Å². The van der Waals surface area contributed by atoms with Crippen LogP contribution in [0.3, 0.4) is 0 Å². The number of thioether (sulfide) groups is 1. The number of nitrogens with one attached hydrogen (secondary N) is 1. The first-order chi connectivity index (χ1) is 12.0. The van der Waals surface area contributed by atoms with E-state index >= 15 is 0 Å². The standard InChI is InChI=1S/C18H18BrFN2O2S/c1-22(10-13-5-2-3-8-16(13)20)18(24)12-25-11-17(23)21-15-7-4-6-14(19)9-15/h2-9H,10-12H2,1H3,(H,21,23). The summed E-state index contributed by atoms with van der Waals surface area (Å²) in [6, 6.07) is 13.7. The van der Waals surface area contributed by atoms with Crippen molar-refractivity contribution in [1.29, 1.82) is 0 Å². The van der Waals surface area contributed by atoms with Gasteiger partial charge in [0.15, 0.2) is 0 Å². The molecule has 0 fully saturated rings. The topological polar surface area (TPSA) is 49.4 Å². The van der Waals surface area contributed by atoms with Gasteiger partial charge in [-0.05, 0) is 24.3 Å². The maximum atomic E-state index is 13.6. The molecule has 0 heterocycles. The number of halogens is 2. The molecule has 1 N–H and O–H groups in total. The number of benzene rings is 2. The Labute approximate surface area is 158 Å². The molecule has 2 aromatic carbocycles. The Morgan fingerprint density at radius 2 is 1.92 bits per heavy atom. The van der Waals surface area contributed by atoms with Gasteiger partial charge in [-0.2, -0.15) is 0 Å². The minimum absolute atomic E-state index is 0.150.